The molecule has 0 unspecified atom stereocenters. The molecule has 0 spiro atoms. The molecule has 1 aliphatic rings. The first-order valence-electron chi connectivity index (χ1n) is 11.3. The van der Waals surface area contributed by atoms with Crippen molar-refractivity contribution in [1.82, 2.24) is 0 Å². The topological polar surface area (TPSA) is 83.9 Å². The maximum Gasteiger partial charge on any atom is 0.295 e. The van der Waals surface area contributed by atoms with Crippen LogP contribution in [0.5, 0.6) is 5.75 Å². The molecule has 6 nitrogen and oxygen atoms in total. The van der Waals surface area contributed by atoms with Gasteiger partial charge in [-0.1, -0.05) is 54.8 Å². The van der Waals surface area contributed by atoms with Gasteiger partial charge in [-0.05, 0) is 67.4 Å². The van der Waals surface area contributed by atoms with E-state index in [9.17, 15) is 18.3 Å². The highest BCUT2D eigenvalue weighted by Crippen LogP contribution is 2.45. The minimum atomic E-state index is -4.25. The minimum absolute atomic E-state index is 0.0673. The molecule has 0 saturated heterocycles. The average molecular weight is 512 g/mol. The Kier molecular flexibility index (Phi) is 7.19. The summed E-state index contributed by atoms with van der Waals surface area (Å²) in [6.07, 6.45) is 1.84. The molecule has 0 radical (unpaired) electrons. The first-order valence-corrected chi connectivity index (χ1v) is 13.2. The first kappa shape index (κ1) is 24.8. The molecule has 1 atom stereocenters. The number of ether oxygens (including phenoxy) is 1. The summed E-state index contributed by atoms with van der Waals surface area (Å²) in [5.41, 5.74) is 1.95. The monoisotopic (exact) mass is 511 g/mol. The minimum Gasteiger partial charge on any atom is -0.502 e. The van der Waals surface area contributed by atoms with Crippen LogP contribution in [-0.4, -0.2) is 26.0 Å². The van der Waals surface area contributed by atoms with E-state index in [1.54, 1.807) is 36.4 Å². The summed E-state index contributed by atoms with van der Waals surface area (Å²) >= 11 is 5.95. The summed E-state index contributed by atoms with van der Waals surface area (Å²) in [5.74, 6) is -1.03. The molecule has 4 rings (SSSR count). The maximum absolute atomic E-state index is 13.7. The number of hydrogen-bond acceptors (Lipinski definition) is 5. The number of halogens is 1. The highest BCUT2D eigenvalue weighted by Gasteiger charge is 2.47. The Morgan fingerprint density at radius 2 is 1.71 bits per heavy atom. The molecule has 0 aliphatic carbocycles. The number of sulfone groups is 1. The zero-order chi connectivity index (χ0) is 25.2. The van der Waals surface area contributed by atoms with E-state index in [2.05, 4.69) is 6.92 Å². The Morgan fingerprint density at radius 3 is 2.37 bits per heavy atom. The van der Waals surface area contributed by atoms with Crippen molar-refractivity contribution >= 4 is 33.0 Å². The van der Waals surface area contributed by atoms with E-state index in [0.717, 1.165) is 18.4 Å². The van der Waals surface area contributed by atoms with Crippen LogP contribution in [-0.2, 0) is 14.6 Å². The summed E-state index contributed by atoms with van der Waals surface area (Å²) < 4.78 is 33.3. The molecule has 0 saturated carbocycles. The van der Waals surface area contributed by atoms with E-state index in [0.29, 0.717) is 28.6 Å². The van der Waals surface area contributed by atoms with E-state index in [1.807, 2.05) is 19.1 Å². The van der Waals surface area contributed by atoms with E-state index in [4.69, 9.17) is 16.3 Å². The van der Waals surface area contributed by atoms with Crippen molar-refractivity contribution in [2.75, 3.05) is 11.5 Å². The molecule has 1 N–H and O–H groups in total. The highest BCUT2D eigenvalue weighted by molar-refractivity contribution is 7.95. The third-order valence-electron chi connectivity index (χ3n) is 5.83. The van der Waals surface area contributed by atoms with Gasteiger partial charge >= 0.3 is 0 Å². The Bertz CT molecular complexity index is 1370. The van der Waals surface area contributed by atoms with E-state index in [1.165, 1.54) is 29.2 Å². The van der Waals surface area contributed by atoms with Crippen LogP contribution >= 0.6 is 11.6 Å². The Hall–Kier alpha value is -3.29. The second-order valence-corrected chi connectivity index (χ2v) is 10.7. The van der Waals surface area contributed by atoms with Gasteiger partial charge in [0.25, 0.3) is 5.91 Å². The summed E-state index contributed by atoms with van der Waals surface area (Å²) in [7, 11) is -4.25. The number of carbonyl (C=O) groups excluding carboxylic acids is 1. The van der Waals surface area contributed by atoms with Gasteiger partial charge in [0, 0.05) is 10.7 Å². The van der Waals surface area contributed by atoms with Crippen LogP contribution < -0.4 is 9.64 Å². The lowest BCUT2D eigenvalue weighted by Crippen LogP contribution is -2.31. The van der Waals surface area contributed by atoms with Crippen molar-refractivity contribution in [3.05, 3.63) is 99.6 Å². The molecule has 1 amide bonds. The summed E-state index contributed by atoms with van der Waals surface area (Å²) in [6, 6.07) is 18.6. The van der Waals surface area contributed by atoms with Crippen molar-refractivity contribution in [2.45, 2.75) is 37.6 Å². The number of aliphatic hydroxyl groups excluding tert-OH is 1. The van der Waals surface area contributed by atoms with Gasteiger partial charge in [0.05, 0.1) is 11.5 Å². The normalized spacial score (nSPS) is 16.1. The summed E-state index contributed by atoms with van der Waals surface area (Å²) in [4.78, 5) is 14.2. The van der Waals surface area contributed by atoms with Crippen molar-refractivity contribution in [1.29, 1.82) is 0 Å². The number of nitrogens with zero attached hydrogens (tertiary/aromatic N) is 1. The molecule has 0 bridgehead atoms. The van der Waals surface area contributed by atoms with Crippen molar-refractivity contribution in [3.8, 4) is 5.75 Å². The smallest absolute Gasteiger partial charge is 0.295 e. The quantitative estimate of drug-likeness (QED) is 0.366. The molecule has 8 heteroatoms. The molecule has 0 aromatic heterocycles. The van der Waals surface area contributed by atoms with Gasteiger partial charge in [-0.25, -0.2) is 8.42 Å². The largest absolute Gasteiger partial charge is 0.502 e. The molecule has 182 valence electrons. The van der Waals surface area contributed by atoms with Crippen LogP contribution in [0.15, 0.2) is 88.4 Å². The van der Waals surface area contributed by atoms with Gasteiger partial charge < -0.3 is 9.84 Å². The SMILES string of the molecule is CCCCOc1cccc([C@H]2C(S(=O)(=O)c3ccc(Cl)cc3)=C(O)C(=O)N2c2ccc(C)cc2)c1. The van der Waals surface area contributed by atoms with Gasteiger partial charge in [0.1, 0.15) is 16.7 Å². The number of amides is 1. The van der Waals surface area contributed by atoms with Crippen LogP contribution in [0, 0.1) is 6.92 Å². The van der Waals surface area contributed by atoms with Gasteiger partial charge in [0.15, 0.2) is 5.76 Å². The molecule has 0 fully saturated rings. The van der Waals surface area contributed by atoms with E-state index >= 15 is 0 Å². The molecular weight excluding hydrogens is 486 g/mol. The average Bonchev–Trinajstić information content (AvgIpc) is 3.11. The molecule has 3 aromatic rings. The number of carbonyl (C=O) groups is 1. The second-order valence-electron chi connectivity index (χ2n) is 8.36. The first-order chi connectivity index (χ1) is 16.7. The van der Waals surface area contributed by atoms with Gasteiger partial charge in [-0.15, -0.1) is 0 Å². The predicted octanol–water partition coefficient (Wildman–Crippen LogP) is 6.16. The van der Waals surface area contributed by atoms with Gasteiger partial charge in [-0.3, -0.25) is 9.69 Å². The Balaban J connectivity index is 1.87. The van der Waals surface area contributed by atoms with Crippen molar-refractivity contribution in [2.24, 2.45) is 0 Å². The zero-order valence-electron chi connectivity index (χ0n) is 19.4. The molecular formula is C27H26ClNO5S. The molecule has 1 aliphatic heterocycles. The Labute approximate surface area is 210 Å². The van der Waals surface area contributed by atoms with Gasteiger partial charge in [0.2, 0.25) is 9.84 Å². The highest BCUT2D eigenvalue weighted by atomic mass is 35.5. The predicted molar refractivity (Wildman–Crippen MR) is 137 cm³/mol. The van der Waals surface area contributed by atoms with Crippen molar-refractivity contribution in [3.63, 3.8) is 0 Å². The Morgan fingerprint density at radius 1 is 1.03 bits per heavy atom. The number of aliphatic hydroxyl groups is 1. The van der Waals surface area contributed by atoms with Gasteiger partial charge in [-0.2, -0.15) is 0 Å². The van der Waals surface area contributed by atoms with Crippen LogP contribution in [0.25, 0.3) is 0 Å². The third kappa shape index (κ3) is 4.92. The number of rotatable bonds is 8. The number of benzene rings is 3. The number of unbranched alkanes of at least 4 members (excludes halogenated alkanes) is 1. The fourth-order valence-electron chi connectivity index (χ4n) is 3.98. The lowest BCUT2D eigenvalue weighted by molar-refractivity contribution is -0.117. The van der Waals surface area contributed by atoms with Crippen molar-refractivity contribution < 1.29 is 23.1 Å². The second kappa shape index (κ2) is 10.1. The lowest BCUT2D eigenvalue weighted by atomic mass is 10.1. The van der Waals surface area contributed by atoms with Crippen LogP contribution in [0.2, 0.25) is 5.02 Å². The molecule has 35 heavy (non-hydrogen) atoms. The standard InChI is InChI=1S/C27H26ClNO5S/c1-3-4-16-34-22-7-5-6-19(17-22)24-26(35(32,33)23-14-10-20(28)11-15-23)25(30)27(31)29(24)21-12-8-18(2)9-13-21/h5-15,17,24,30H,3-4,16H2,1-2H3/t24-/m0/s1. The van der Waals surface area contributed by atoms with E-state index in [-0.39, 0.29) is 9.80 Å². The van der Waals surface area contributed by atoms with Crippen LogP contribution in [0.3, 0.4) is 0 Å². The third-order valence-corrected chi connectivity index (χ3v) is 7.97. The molecule has 3 aromatic carbocycles. The fourth-order valence-corrected chi connectivity index (χ4v) is 5.73. The van der Waals surface area contributed by atoms with Crippen LogP contribution in [0.4, 0.5) is 5.69 Å². The number of anilines is 1. The summed E-state index contributed by atoms with van der Waals surface area (Å²) in [6.45, 7) is 4.49. The fraction of sp³-hybridized carbons (Fsp3) is 0.222. The van der Waals surface area contributed by atoms with E-state index < -0.39 is 27.5 Å². The zero-order valence-corrected chi connectivity index (χ0v) is 21.0. The maximum atomic E-state index is 13.7. The number of hydrogen-bond donors (Lipinski definition) is 1. The molecule has 1 heterocycles. The lowest BCUT2D eigenvalue weighted by Gasteiger charge is -2.27. The summed E-state index contributed by atoms with van der Waals surface area (Å²) in [5, 5.41) is 11.3. The van der Waals surface area contributed by atoms with Crippen LogP contribution in [0.1, 0.15) is 36.9 Å². The number of aryl methyl sites for hydroxylation is 1.